The third-order valence-corrected chi connectivity index (χ3v) is 3.46. The lowest BCUT2D eigenvalue weighted by atomic mass is 10.2. The molecule has 1 atom stereocenters. The number of halogens is 1. The van der Waals surface area contributed by atoms with Crippen LogP contribution in [-0.2, 0) is 14.3 Å². The predicted molar refractivity (Wildman–Crippen MR) is 91.9 cm³/mol. The average Bonchev–Trinajstić information content (AvgIpc) is 2.96. The van der Waals surface area contributed by atoms with Crippen LogP contribution in [0.2, 0.25) is 0 Å². The number of hydrogen-bond donors (Lipinski definition) is 3. The molecule has 1 aromatic carbocycles. The second-order valence-electron chi connectivity index (χ2n) is 5.52. The van der Waals surface area contributed by atoms with Crippen molar-refractivity contribution in [3.05, 3.63) is 24.0 Å². The maximum atomic E-state index is 14.2. The molecule has 11 heteroatoms. The number of hydrogen-bond acceptors (Lipinski definition) is 6. The van der Waals surface area contributed by atoms with Crippen molar-refractivity contribution in [1.82, 2.24) is 10.6 Å². The Morgan fingerprint density at radius 1 is 1.37 bits per heavy atom. The van der Waals surface area contributed by atoms with Crippen LogP contribution in [-0.4, -0.2) is 49.9 Å². The Hall–Kier alpha value is -3.37. The number of ether oxygens (including phenoxy) is 2. The van der Waals surface area contributed by atoms with E-state index in [0.717, 1.165) is 6.07 Å². The van der Waals surface area contributed by atoms with E-state index in [1.807, 2.05) is 5.32 Å². The number of carbonyl (C=O) groups excluding carboxylic acids is 4. The third-order valence-electron chi connectivity index (χ3n) is 3.46. The van der Waals surface area contributed by atoms with Gasteiger partial charge in [0.25, 0.3) is 0 Å². The normalized spacial score (nSPS) is 15.7. The molecule has 2 rings (SSSR count). The van der Waals surface area contributed by atoms with Gasteiger partial charge < -0.3 is 20.1 Å². The molecule has 0 aliphatic carbocycles. The molecule has 0 bridgehead atoms. The van der Waals surface area contributed by atoms with Crippen molar-refractivity contribution in [1.29, 1.82) is 0 Å². The van der Waals surface area contributed by atoms with Gasteiger partial charge in [0.1, 0.15) is 11.9 Å². The molecular formula is C16H19FN4O6. The molecule has 1 saturated heterocycles. The molecule has 10 nitrogen and oxygen atoms in total. The molecule has 27 heavy (non-hydrogen) atoms. The fourth-order valence-electron chi connectivity index (χ4n) is 2.28. The minimum absolute atomic E-state index is 0.0804. The van der Waals surface area contributed by atoms with Gasteiger partial charge in [-0.3, -0.25) is 9.69 Å². The van der Waals surface area contributed by atoms with Gasteiger partial charge in [-0.05, 0) is 25.1 Å². The van der Waals surface area contributed by atoms with Gasteiger partial charge in [0.05, 0.1) is 31.1 Å². The standard InChI is InChI=1S/C16H19FN4O6/c1-3-26-15(24)20-14(23)19-13-5-4-10(6-12(13)17)21-8-11(27-16(21)25)7-18-9(2)22/h4-6,11H,3,7-8H2,1-2H3,(H,18,22)(H2,19,20,23,24)/t11-/m0/s1. The number of carbonyl (C=O) groups is 4. The summed E-state index contributed by atoms with van der Waals surface area (Å²) in [6.45, 7) is 3.27. The number of amides is 5. The quantitative estimate of drug-likeness (QED) is 0.710. The molecule has 0 saturated carbocycles. The van der Waals surface area contributed by atoms with E-state index in [-0.39, 0.29) is 37.0 Å². The topological polar surface area (TPSA) is 126 Å². The van der Waals surface area contributed by atoms with Crippen molar-refractivity contribution in [3.8, 4) is 0 Å². The second-order valence-corrected chi connectivity index (χ2v) is 5.52. The highest BCUT2D eigenvalue weighted by molar-refractivity contribution is 5.99. The molecule has 1 aliphatic heterocycles. The van der Waals surface area contributed by atoms with Crippen LogP contribution in [0.4, 0.5) is 30.1 Å². The van der Waals surface area contributed by atoms with E-state index in [0.29, 0.717) is 0 Å². The van der Waals surface area contributed by atoms with Gasteiger partial charge in [0, 0.05) is 6.92 Å². The Balaban J connectivity index is 1.99. The number of cyclic esters (lactones) is 1. The van der Waals surface area contributed by atoms with Gasteiger partial charge in [0.2, 0.25) is 5.91 Å². The number of urea groups is 1. The van der Waals surface area contributed by atoms with Crippen LogP contribution in [0.5, 0.6) is 0 Å². The molecule has 146 valence electrons. The van der Waals surface area contributed by atoms with Crippen LogP contribution >= 0.6 is 0 Å². The van der Waals surface area contributed by atoms with Crippen molar-refractivity contribution in [2.45, 2.75) is 20.0 Å². The highest BCUT2D eigenvalue weighted by Crippen LogP contribution is 2.25. The Bertz CT molecular complexity index is 756. The first-order chi connectivity index (χ1) is 12.8. The SMILES string of the molecule is CCOC(=O)NC(=O)Nc1ccc(N2C[C@H](CNC(C)=O)OC2=O)cc1F. The number of benzene rings is 1. The van der Waals surface area contributed by atoms with Crippen molar-refractivity contribution in [2.24, 2.45) is 0 Å². The zero-order valence-corrected chi connectivity index (χ0v) is 14.7. The maximum absolute atomic E-state index is 14.2. The van der Waals surface area contributed by atoms with Crippen LogP contribution in [0.15, 0.2) is 18.2 Å². The molecule has 0 spiro atoms. The lowest BCUT2D eigenvalue weighted by molar-refractivity contribution is -0.119. The molecule has 1 fully saturated rings. The molecular weight excluding hydrogens is 363 g/mol. The minimum atomic E-state index is -0.962. The highest BCUT2D eigenvalue weighted by atomic mass is 19.1. The predicted octanol–water partition coefficient (Wildman–Crippen LogP) is 1.57. The Kier molecular flexibility index (Phi) is 6.52. The molecule has 1 aromatic rings. The summed E-state index contributed by atoms with van der Waals surface area (Å²) in [4.78, 5) is 46.8. The van der Waals surface area contributed by atoms with Gasteiger partial charge in [-0.2, -0.15) is 0 Å². The number of nitrogens with zero attached hydrogens (tertiary/aromatic N) is 1. The van der Waals surface area contributed by atoms with Crippen LogP contribution in [0.1, 0.15) is 13.8 Å². The summed E-state index contributed by atoms with van der Waals surface area (Å²) >= 11 is 0. The fourth-order valence-corrected chi connectivity index (χ4v) is 2.28. The Morgan fingerprint density at radius 3 is 2.74 bits per heavy atom. The lowest BCUT2D eigenvalue weighted by Crippen LogP contribution is -2.35. The van der Waals surface area contributed by atoms with Gasteiger partial charge in [-0.25, -0.2) is 24.1 Å². The van der Waals surface area contributed by atoms with Gasteiger partial charge in [-0.1, -0.05) is 0 Å². The molecule has 0 unspecified atom stereocenters. The first kappa shape index (κ1) is 19.9. The molecule has 5 amide bonds. The number of anilines is 2. The van der Waals surface area contributed by atoms with Crippen molar-refractivity contribution < 1.29 is 33.0 Å². The minimum Gasteiger partial charge on any atom is -0.450 e. The number of rotatable bonds is 5. The number of imide groups is 1. The molecule has 0 aromatic heterocycles. The average molecular weight is 382 g/mol. The van der Waals surface area contributed by atoms with Crippen molar-refractivity contribution in [2.75, 3.05) is 29.9 Å². The number of nitrogens with one attached hydrogen (secondary N) is 3. The summed E-state index contributed by atoms with van der Waals surface area (Å²) in [6.07, 6.45) is -2.19. The summed E-state index contributed by atoms with van der Waals surface area (Å²) in [7, 11) is 0. The third kappa shape index (κ3) is 5.56. The fraction of sp³-hybridized carbons (Fsp3) is 0.375. The van der Waals surface area contributed by atoms with E-state index in [1.54, 1.807) is 6.92 Å². The van der Waals surface area contributed by atoms with E-state index < -0.39 is 30.1 Å². The summed E-state index contributed by atoms with van der Waals surface area (Å²) in [5, 5.41) is 6.56. The summed E-state index contributed by atoms with van der Waals surface area (Å²) in [5.74, 6) is -1.07. The smallest absolute Gasteiger partial charge is 0.415 e. The molecule has 3 N–H and O–H groups in total. The monoisotopic (exact) mass is 382 g/mol. The van der Waals surface area contributed by atoms with E-state index in [4.69, 9.17) is 4.74 Å². The van der Waals surface area contributed by atoms with Crippen LogP contribution < -0.4 is 20.9 Å². The van der Waals surface area contributed by atoms with Gasteiger partial charge >= 0.3 is 18.2 Å². The Morgan fingerprint density at radius 2 is 2.11 bits per heavy atom. The highest BCUT2D eigenvalue weighted by Gasteiger charge is 2.32. The lowest BCUT2D eigenvalue weighted by Gasteiger charge is -2.15. The molecule has 1 heterocycles. The van der Waals surface area contributed by atoms with Crippen LogP contribution in [0.25, 0.3) is 0 Å². The number of alkyl carbamates (subject to hydrolysis) is 1. The van der Waals surface area contributed by atoms with E-state index in [1.165, 1.54) is 24.0 Å². The van der Waals surface area contributed by atoms with E-state index in [2.05, 4.69) is 15.4 Å². The van der Waals surface area contributed by atoms with Gasteiger partial charge in [-0.15, -0.1) is 0 Å². The molecule has 1 aliphatic rings. The summed E-state index contributed by atoms with van der Waals surface area (Å²) < 4.78 is 23.9. The Labute approximate surface area is 154 Å². The van der Waals surface area contributed by atoms with Crippen molar-refractivity contribution in [3.63, 3.8) is 0 Å². The van der Waals surface area contributed by atoms with E-state index in [9.17, 15) is 23.6 Å². The summed E-state index contributed by atoms with van der Waals surface area (Å²) in [6, 6.07) is 2.73. The second kappa shape index (κ2) is 8.83. The van der Waals surface area contributed by atoms with Crippen molar-refractivity contribution >= 4 is 35.5 Å². The molecule has 0 radical (unpaired) electrons. The first-order valence-electron chi connectivity index (χ1n) is 8.07. The zero-order valence-electron chi connectivity index (χ0n) is 14.7. The van der Waals surface area contributed by atoms with E-state index >= 15 is 0 Å². The van der Waals surface area contributed by atoms with Crippen LogP contribution in [0, 0.1) is 5.82 Å². The van der Waals surface area contributed by atoms with Gasteiger partial charge in [0.15, 0.2) is 0 Å². The first-order valence-corrected chi connectivity index (χ1v) is 8.07. The van der Waals surface area contributed by atoms with Crippen LogP contribution in [0.3, 0.4) is 0 Å². The zero-order chi connectivity index (χ0) is 20.0. The summed E-state index contributed by atoms with van der Waals surface area (Å²) in [5.41, 5.74) is 0.0297. The maximum Gasteiger partial charge on any atom is 0.415 e. The largest absolute Gasteiger partial charge is 0.450 e.